The zero-order valence-corrected chi connectivity index (χ0v) is 26.7. The van der Waals surface area contributed by atoms with Gasteiger partial charge in [-0.3, -0.25) is 4.79 Å². The third-order valence-electron chi connectivity index (χ3n) is 5.76. The minimum atomic E-state index is -0.118. The maximum Gasteiger partial charge on any atom is 0.308 e. The quantitative estimate of drug-likeness (QED) is 0.0765. The molecule has 0 aliphatic carbocycles. The zero-order chi connectivity index (χ0) is 30.6. The van der Waals surface area contributed by atoms with E-state index < -0.39 is 0 Å². The third-order valence-corrected chi connectivity index (χ3v) is 5.76. The molecule has 0 rings (SSSR count). The summed E-state index contributed by atoms with van der Waals surface area (Å²) in [6.45, 7) is 16.8. The van der Waals surface area contributed by atoms with Crippen molar-refractivity contribution in [2.45, 2.75) is 46.5 Å². The fourth-order valence-corrected chi connectivity index (χ4v) is 3.38. The van der Waals surface area contributed by atoms with Crippen LogP contribution in [-0.4, -0.2) is 145 Å². The second-order valence-electron chi connectivity index (χ2n) is 9.12. The zero-order valence-electron chi connectivity index (χ0n) is 26.7. The Morgan fingerprint density at radius 3 is 0.976 bits per heavy atom. The van der Waals surface area contributed by atoms with Crippen LogP contribution in [0.15, 0.2) is 0 Å². The van der Waals surface area contributed by atoms with E-state index in [0.717, 1.165) is 25.7 Å². The van der Waals surface area contributed by atoms with Gasteiger partial charge in [0, 0.05) is 6.61 Å². The van der Waals surface area contributed by atoms with Crippen LogP contribution in [-0.2, 0) is 56.9 Å². The summed E-state index contributed by atoms with van der Waals surface area (Å²) in [5.41, 5.74) is 0. The van der Waals surface area contributed by atoms with Crippen molar-refractivity contribution >= 4 is 5.97 Å². The first kappa shape index (κ1) is 41.1. The van der Waals surface area contributed by atoms with Gasteiger partial charge in [-0.2, -0.15) is 0 Å². The molecule has 12 nitrogen and oxygen atoms in total. The molecule has 42 heavy (non-hydrogen) atoms. The summed E-state index contributed by atoms with van der Waals surface area (Å²) in [7, 11) is 0. The van der Waals surface area contributed by atoms with Gasteiger partial charge >= 0.3 is 5.97 Å². The largest absolute Gasteiger partial charge is 0.463 e. The highest BCUT2D eigenvalue weighted by molar-refractivity contribution is 5.72. The Labute approximate surface area is 254 Å². The van der Waals surface area contributed by atoms with E-state index in [1.165, 1.54) is 0 Å². The second kappa shape index (κ2) is 36.3. The Morgan fingerprint density at radius 2 is 0.714 bits per heavy atom. The lowest BCUT2D eigenvalue weighted by atomic mass is 10.00. The van der Waals surface area contributed by atoms with Crippen LogP contribution in [0, 0.1) is 5.92 Å². The topological polar surface area (TPSA) is 119 Å². The van der Waals surface area contributed by atoms with E-state index >= 15 is 0 Å². The monoisotopic (exact) mass is 612 g/mol. The van der Waals surface area contributed by atoms with Gasteiger partial charge in [0.1, 0.15) is 6.61 Å². The summed E-state index contributed by atoms with van der Waals surface area (Å²) in [5, 5.41) is 0. The van der Waals surface area contributed by atoms with Crippen LogP contribution >= 0.6 is 0 Å². The smallest absolute Gasteiger partial charge is 0.308 e. The molecule has 0 aliphatic heterocycles. The van der Waals surface area contributed by atoms with Crippen molar-refractivity contribution in [1.29, 1.82) is 0 Å². The van der Waals surface area contributed by atoms with E-state index in [1.54, 1.807) is 0 Å². The number of rotatable bonds is 36. The van der Waals surface area contributed by atoms with Gasteiger partial charge in [-0.25, -0.2) is 0 Å². The Kier molecular flexibility index (Phi) is 35.5. The SMILES string of the molecule is CCCCC(CC)C(=O)OCCOCCOCCOCCOCCOCCOCCOCCOCCOCCOCC. The van der Waals surface area contributed by atoms with Crippen molar-refractivity contribution in [3.05, 3.63) is 0 Å². The molecule has 0 aliphatic rings. The number of unbranched alkanes of at least 4 members (excludes halogenated alkanes) is 1. The van der Waals surface area contributed by atoms with Crippen molar-refractivity contribution < 1.29 is 56.9 Å². The predicted molar refractivity (Wildman–Crippen MR) is 158 cm³/mol. The summed E-state index contributed by atoms with van der Waals surface area (Å²) in [6, 6.07) is 0. The molecule has 0 heterocycles. The van der Waals surface area contributed by atoms with Crippen LogP contribution in [0.2, 0.25) is 0 Å². The van der Waals surface area contributed by atoms with Gasteiger partial charge in [0.05, 0.1) is 131 Å². The molecule has 12 heteroatoms. The van der Waals surface area contributed by atoms with Crippen LogP contribution < -0.4 is 0 Å². The lowest BCUT2D eigenvalue weighted by Crippen LogP contribution is -2.20. The van der Waals surface area contributed by atoms with Crippen molar-refractivity contribution in [1.82, 2.24) is 0 Å². The van der Waals surface area contributed by atoms with E-state index in [4.69, 9.17) is 52.1 Å². The number of carbonyl (C=O) groups excluding carboxylic acids is 1. The number of esters is 1. The average molecular weight is 613 g/mol. The number of hydrogen-bond donors (Lipinski definition) is 0. The lowest BCUT2D eigenvalue weighted by Gasteiger charge is -2.13. The molecule has 0 bridgehead atoms. The molecule has 252 valence electrons. The van der Waals surface area contributed by atoms with E-state index in [-0.39, 0.29) is 18.5 Å². The van der Waals surface area contributed by atoms with Gasteiger partial charge in [-0.05, 0) is 19.8 Å². The lowest BCUT2D eigenvalue weighted by molar-refractivity contribution is -0.150. The third kappa shape index (κ3) is 32.0. The maximum atomic E-state index is 12.0. The van der Waals surface area contributed by atoms with Crippen molar-refractivity contribution in [3.8, 4) is 0 Å². The Balaban J connectivity index is 3.15. The molecule has 0 radical (unpaired) electrons. The summed E-state index contributed by atoms with van der Waals surface area (Å²) < 4.78 is 59.4. The molecule has 0 aromatic rings. The highest BCUT2D eigenvalue weighted by Crippen LogP contribution is 2.14. The first-order chi connectivity index (χ1) is 20.8. The number of carbonyl (C=O) groups is 1. The summed E-state index contributed by atoms with van der Waals surface area (Å²) in [5.74, 6) is -0.118. The van der Waals surface area contributed by atoms with Gasteiger partial charge in [0.25, 0.3) is 0 Å². The van der Waals surface area contributed by atoms with Crippen LogP contribution in [0.25, 0.3) is 0 Å². The first-order valence-electron chi connectivity index (χ1n) is 15.7. The van der Waals surface area contributed by atoms with Crippen LogP contribution in [0.3, 0.4) is 0 Å². The second-order valence-corrected chi connectivity index (χ2v) is 9.12. The number of ether oxygens (including phenoxy) is 11. The van der Waals surface area contributed by atoms with Crippen LogP contribution in [0.4, 0.5) is 0 Å². The molecule has 0 saturated carbocycles. The number of hydrogen-bond acceptors (Lipinski definition) is 12. The Hall–Kier alpha value is -0.930. The van der Waals surface area contributed by atoms with Crippen LogP contribution in [0.5, 0.6) is 0 Å². The van der Waals surface area contributed by atoms with Crippen molar-refractivity contribution in [3.63, 3.8) is 0 Å². The van der Waals surface area contributed by atoms with Gasteiger partial charge in [-0.1, -0.05) is 26.7 Å². The molecule has 0 saturated heterocycles. The van der Waals surface area contributed by atoms with Crippen LogP contribution in [0.1, 0.15) is 46.5 Å². The van der Waals surface area contributed by atoms with Crippen molar-refractivity contribution in [2.24, 2.45) is 5.92 Å². The predicted octanol–water partition coefficient (Wildman–Crippen LogP) is 2.93. The summed E-state index contributed by atoms with van der Waals surface area (Å²) in [6.07, 6.45) is 3.84. The van der Waals surface area contributed by atoms with E-state index in [1.807, 2.05) is 13.8 Å². The maximum absolute atomic E-state index is 12.0. The van der Waals surface area contributed by atoms with Gasteiger partial charge in [0.2, 0.25) is 0 Å². The molecule has 0 spiro atoms. The molecular weight excluding hydrogens is 552 g/mol. The summed E-state index contributed by atoms with van der Waals surface area (Å²) >= 11 is 0. The standard InChI is InChI=1S/C30H60O12/c1-4-7-8-29(5-2)30(31)42-28-27-41-26-25-40-24-23-39-22-21-38-20-19-37-18-17-36-16-15-35-14-13-34-12-11-33-10-9-32-6-3/h29H,4-28H2,1-3H3. The van der Waals surface area contributed by atoms with Gasteiger partial charge in [0.15, 0.2) is 0 Å². The van der Waals surface area contributed by atoms with E-state index in [0.29, 0.717) is 132 Å². The molecule has 0 amide bonds. The van der Waals surface area contributed by atoms with E-state index in [9.17, 15) is 4.79 Å². The molecular formula is C30H60O12. The molecule has 0 aromatic carbocycles. The Bertz CT molecular complexity index is 527. The van der Waals surface area contributed by atoms with E-state index in [2.05, 4.69) is 6.92 Å². The van der Waals surface area contributed by atoms with Gasteiger partial charge in [-0.15, -0.1) is 0 Å². The minimum Gasteiger partial charge on any atom is -0.463 e. The van der Waals surface area contributed by atoms with Crippen molar-refractivity contribution in [2.75, 3.05) is 139 Å². The highest BCUT2D eigenvalue weighted by atomic mass is 16.6. The highest BCUT2D eigenvalue weighted by Gasteiger charge is 2.16. The molecule has 1 unspecified atom stereocenters. The molecule has 0 fully saturated rings. The molecule has 0 N–H and O–H groups in total. The Morgan fingerprint density at radius 1 is 0.429 bits per heavy atom. The minimum absolute atomic E-state index is 0.000404. The fourth-order valence-electron chi connectivity index (χ4n) is 3.38. The normalized spacial score (nSPS) is 12.2. The molecule has 1 atom stereocenters. The average Bonchev–Trinajstić information content (AvgIpc) is 3.00. The first-order valence-corrected chi connectivity index (χ1v) is 15.7. The van der Waals surface area contributed by atoms with Gasteiger partial charge < -0.3 is 52.1 Å². The summed E-state index contributed by atoms with van der Waals surface area (Å²) in [4.78, 5) is 12.0. The molecule has 0 aromatic heterocycles. The fraction of sp³-hybridized carbons (Fsp3) is 0.967.